The Hall–Kier alpha value is 0.470. The van der Waals surface area contributed by atoms with E-state index in [4.69, 9.17) is 0 Å². The third-order valence-electron chi connectivity index (χ3n) is 0.763. The predicted octanol–water partition coefficient (Wildman–Crippen LogP) is 3.13. The van der Waals surface area contributed by atoms with Gasteiger partial charge in [-0.1, -0.05) is 19.9 Å². The summed E-state index contributed by atoms with van der Waals surface area (Å²) >= 11 is 2.37. The second kappa shape index (κ2) is 4.62. The Kier molecular flexibility index (Phi) is 4.94. The lowest BCUT2D eigenvalue weighted by Gasteiger charge is -1.86. The molecule has 0 aliphatic carbocycles. The van der Waals surface area contributed by atoms with Gasteiger partial charge in [-0.15, -0.1) is 0 Å². The fraction of sp³-hybridized carbons (Fsp3) is 0.667. The molecule has 0 rings (SSSR count). The van der Waals surface area contributed by atoms with Crippen LogP contribution in [0.4, 0.5) is 0 Å². The first kappa shape index (κ1) is 7.47. The molecule has 0 nitrogen and oxygen atoms in total. The molecule has 0 N–H and O–H groups in total. The summed E-state index contributed by atoms with van der Waals surface area (Å²) in [5.41, 5.74) is 0. The summed E-state index contributed by atoms with van der Waals surface area (Å²) < 4.78 is 1.47. The van der Waals surface area contributed by atoms with Crippen LogP contribution in [0.1, 0.15) is 26.7 Å². The van der Waals surface area contributed by atoms with Gasteiger partial charge < -0.3 is 0 Å². The van der Waals surface area contributed by atoms with Gasteiger partial charge in [-0.25, -0.2) is 0 Å². The quantitative estimate of drug-likeness (QED) is 0.614. The Bertz CT molecular complexity index is 64.6. The van der Waals surface area contributed by atoms with Crippen molar-refractivity contribution < 1.29 is 0 Å². The fourth-order valence-corrected chi connectivity index (χ4v) is 0.806. The Morgan fingerprint density at radius 1 is 1.57 bits per heavy atom. The van der Waals surface area contributed by atoms with Crippen LogP contribution in [-0.4, -0.2) is 0 Å². The first-order chi connectivity index (χ1) is 3.31. The lowest BCUT2D eigenvalue weighted by Crippen LogP contribution is -1.62. The average molecular weight is 210 g/mol. The highest BCUT2D eigenvalue weighted by atomic mass is 127. The Labute approximate surface area is 59.1 Å². The molecular weight excluding hydrogens is 199 g/mol. The highest BCUT2D eigenvalue weighted by molar-refractivity contribution is 14.1. The van der Waals surface area contributed by atoms with Crippen molar-refractivity contribution in [3.8, 4) is 0 Å². The minimum atomic E-state index is 1.17. The zero-order chi connectivity index (χ0) is 5.70. The molecule has 0 atom stereocenters. The number of halogens is 1. The molecule has 0 saturated carbocycles. The summed E-state index contributed by atoms with van der Waals surface area (Å²) in [6.07, 6.45) is 4.61. The molecule has 0 bridgehead atoms. The first-order valence-corrected chi connectivity index (χ1v) is 3.73. The van der Waals surface area contributed by atoms with Crippen LogP contribution in [-0.2, 0) is 0 Å². The first-order valence-electron chi connectivity index (χ1n) is 2.65. The Morgan fingerprint density at radius 3 is 2.29 bits per heavy atom. The van der Waals surface area contributed by atoms with Crippen LogP contribution >= 0.6 is 22.6 Å². The van der Waals surface area contributed by atoms with E-state index < -0.39 is 0 Å². The van der Waals surface area contributed by atoms with Crippen LogP contribution in [0.5, 0.6) is 0 Å². The molecule has 0 aliphatic rings. The van der Waals surface area contributed by atoms with E-state index in [0.717, 1.165) is 0 Å². The van der Waals surface area contributed by atoms with Crippen LogP contribution in [0.2, 0.25) is 0 Å². The van der Waals surface area contributed by atoms with E-state index in [1.165, 1.54) is 16.4 Å². The molecule has 7 heavy (non-hydrogen) atoms. The van der Waals surface area contributed by atoms with Crippen LogP contribution in [0.25, 0.3) is 0 Å². The van der Waals surface area contributed by atoms with E-state index >= 15 is 0 Å². The van der Waals surface area contributed by atoms with Crippen molar-refractivity contribution >= 4 is 22.6 Å². The molecule has 0 amide bonds. The molecule has 0 fully saturated rings. The number of allylic oxidation sites excluding steroid dienone is 2. The van der Waals surface area contributed by atoms with E-state index in [0.29, 0.717) is 0 Å². The zero-order valence-electron chi connectivity index (χ0n) is 4.87. The molecule has 0 heterocycles. The van der Waals surface area contributed by atoms with Crippen molar-refractivity contribution in [2.24, 2.45) is 0 Å². The van der Waals surface area contributed by atoms with Gasteiger partial charge in [0.25, 0.3) is 0 Å². The molecule has 0 spiro atoms. The van der Waals surface area contributed by atoms with Gasteiger partial charge >= 0.3 is 0 Å². The maximum Gasteiger partial charge on any atom is -0.0137 e. The summed E-state index contributed by atoms with van der Waals surface area (Å²) in [6.45, 7) is 4.34. The van der Waals surface area contributed by atoms with Crippen LogP contribution in [0.15, 0.2) is 9.66 Å². The molecule has 0 unspecified atom stereocenters. The van der Waals surface area contributed by atoms with Gasteiger partial charge in [-0.05, 0) is 39.0 Å². The maximum absolute atomic E-state index is 2.37. The normalized spacial score (nSPS) is 12.1. The number of rotatable bonds is 2. The van der Waals surface area contributed by atoms with E-state index in [1.807, 2.05) is 0 Å². The average Bonchev–Trinajstić information content (AvgIpc) is 1.68. The smallest absolute Gasteiger partial charge is 0.0137 e. The van der Waals surface area contributed by atoms with Crippen LogP contribution < -0.4 is 0 Å². The monoisotopic (exact) mass is 210 g/mol. The summed E-state index contributed by atoms with van der Waals surface area (Å²) in [6, 6.07) is 0. The third-order valence-corrected chi connectivity index (χ3v) is 1.97. The molecule has 0 aromatic heterocycles. The van der Waals surface area contributed by atoms with Crippen molar-refractivity contribution in [2.75, 3.05) is 0 Å². The van der Waals surface area contributed by atoms with Gasteiger partial charge in [0.05, 0.1) is 0 Å². The third kappa shape index (κ3) is 4.32. The van der Waals surface area contributed by atoms with Gasteiger partial charge in [0, 0.05) is 0 Å². The highest BCUT2D eigenvalue weighted by Crippen LogP contribution is 2.09. The minimum Gasteiger partial charge on any atom is -0.0755 e. The lowest BCUT2D eigenvalue weighted by atomic mass is 10.4. The van der Waals surface area contributed by atoms with E-state index in [9.17, 15) is 0 Å². The van der Waals surface area contributed by atoms with Crippen LogP contribution in [0.3, 0.4) is 0 Å². The predicted molar refractivity (Wildman–Crippen MR) is 42.7 cm³/mol. The molecule has 0 aromatic rings. The van der Waals surface area contributed by atoms with Gasteiger partial charge in [0.1, 0.15) is 0 Å². The number of hydrogen-bond acceptors (Lipinski definition) is 0. The lowest BCUT2D eigenvalue weighted by molar-refractivity contribution is 1.15. The maximum atomic E-state index is 2.37. The van der Waals surface area contributed by atoms with Crippen molar-refractivity contribution in [3.05, 3.63) is 9.66 Å². The summed E-state index contributed by atoms with van der Waals surface area (Å²) in [5.74, 6) is 0. The highest BCUT2D eigenvalue weighted by Gasteiger charge is 1.79. The van der Waals surface area contributed by atoms with Gasteiger partial charge in [0.2, 0.25) is 0 Å². The van der Waals surface area contributed by atoms with Crippen molar-refractivity contribution in [1.82, 2.24) is 0 Å². The molecule has 0 aromatic carbocycles. The molecule has 0 saturated heterocycles. The second-order valence-electron chi connectivity index (χ2n) is 1.41. The SMILES string of the molecule is CCC=C(I)CC. The summed E-state index contributed by atoms with van der Waals surface area (Å²) in [4.78, 5) is 0. The summed E-state index contributed by atoms with van der Waals surface area (Å²) in [5, 5.41) is 0. The number of hydrogen-bond donors (Lipinski definition) is 0. The van der Waals surface area contributed by atoms with Gasteiger partial charge in [0.15, 0.2) is 0 Å². The van der Waals surface area contributed by atoms with Gasteiger partial charge in [-0.3, -0.25) is 0 Å². The van der Waals surface area contributed by atoms with Gasteiger partial charge in [-0.2, -0.15) is 0 Å². The summed E-state index contributed by atoms with van der Waals surface area (Å²) in [7, 11) is 0. The van der Waals surface area contributed by atoms with E-state index in [1.54, 1.807) is 0 Å². The van der Waals surface area contributed by atoms with Crippen molar-refractivity contribution in [2.45, 2.75) is 26.7 Å². The van der Waals surface area contributed by atoms with Crippen LogP contribution in [0, 0.1) is 0 Å². The molecule has 1 heteroatoms. The van der Waals surface area contributed by atoms with E-state index in [2.05, 4.69) is 42.5 Å². The standard InChI is InChI=1S/C6H11I/c1-3-5-6(7)4-2/h5H,3-4H2,1-2H3. The zero-order valence-corrected chi connectivity index (χ0v) is 7.03. The fourth-order valence-electron chi connectivity index (χ4n) is 0.366. The molecule has 0 aliphatic heterocycles. The Balaban J connectivity index is 3.29. The topological polar surface area (TPSA) is 0 Å². The Morgan fingerprint density at radius 2 is 2.14 bits per heavy atom. The van der Waals surface area contributed by atoms with Crippen molar-refractivity contribution in [3.63, 3.8) is 0 Å². The van der Waals surface area contributed by atoms with E-state index in [-0.39, 0.29) is 0 Å². The molecule has 42 valence electrons. The largest absolute Gasteiger partial charge is 0.0755 e. The minimum absolute atomic E-state index is 1.17. The molecule has 0 radical (unpaired) electrons. The van der Waals surface area contributed by atoms with Crippen molar-refractivity contribution in [1.29, 1.82) is 0 Å². The molecular formula is C6H11I. The second-order valence-corrected chi connectivity index (χ2v) is 2.80.